The Morgan fingerprint density at radius 1 is 1.00 bits per heavy atom. The van der Waals surface area contributed by atoms with Crippen molar-refractivity contribution in [3.63, 3.8) is 0 Å². The molecule has 2 heteroatoms. The smallest absolute Gasteiger partial charge is 0.220 e. The second-order valence-corrected chi connectivity index (χ2v) is 6.84. The van der Waals surface area contributed by atoms with Crippen LogP contribution in [0.5, 0.6) is 0 Å². The van der Waals surface area contributed by atoms with Crippen LogP contribution in [0.25, 0.3) is 0 Å². The lowest BCUT2D eigenvalue weighted by Gasteiger charge is -2.08. The molecule has 0 saturated carbocycles. The van der Waals surface area contributed by atoms with E-state index in [1.807, 2.05) is 0 Å². The molecule has 24 heavy (non-hydrogen) atoms. The molecule has 0 unspecified atom stereocenters. The maximum atomic E-state index is 11.9. The van der Waals surface area contributed by atoms with Gasteiger partial charge in [-0.3, -0.25) is 4.79 Å². The third-order valence-electron chi connectivity index (χ3n) is 4.33. The molecule has 0 fully saturated rings. The number of amides is 1. The third-order valence-corrected chi connectivity index (χ3v) is 4.33. The number of hydrogen-bond donors (Lipinski definition) is 1. The predicted octanol–water partition coefficient (Wildman–Crippen LogP) is 4.80. The van der Waals surface area contributed by atoms with Crippen LogP contribution < -0.4 is 5.32 Å². The zero-order valence-electron chi connectivity index (χ0n) is 15.1. The molecule has 2 rings (SSSR count). The largest absolute Gasteiger partial charge is 0.356 e. The van der Waals surface area contributed by atoms with E-state index in [0.29, 0.717) is 12.3 Å². The second-order valence-electron chi connectivity index (χ2n) is 6.84. The first-order valence-electron chi connectivity index (χ1n) is 8.95. The summed E-state index contributed by atoms with van der Waals surface area (Å²) in [6, 6.07) is 17.2. The van der Waals surface area contributed by atoms with Gasteiger partial charge in [0.15, 0.2) is 0 Å². The van der Waals surface area contributed by atoms with Crippen molar-refractivity contribution in [2.75, 3.05) is 6.54 Å². The number of hydrogen-bond acceptors (Lipinski definition) is 1. The fourth-order valence-corrected chi connectivity index (χ4v) is 2.80. The van der Waals surface area contributed by atoms with E-state index in [0.717, 1.165) is 25.8 Å². The molecule has 0 bridgehead atoms. The summed E-state index contributed by atoms with van der Waals surface area (Å²) < 4.78 is 0. The molecule has 2 aromatic carbocycles. The number of aryl methyl sites for hydroxylation is 3. The van der Waals surface area contributed by atoms with Crippen LogP contribution in [-0.2, 0) is 17.6 Å². The predicted molar refractivity (Wildman–Crippen MR) is 101 cm³/mol. The Hall–Kier alpha value is -2.09. The Morgan fingerprint density at radius 2 is 1.75 bits per heavy atom. The Bertz CT molecular complexity index is 643. The highest BCUT2D eigenvalue weighted by atomic mass is 16.1. The Kier molecular flexibility index (Phi) is 7.05. The van der Waals surface area contributed by atoms with Crippen LogP contribution in [0.2, 0.25) is 0 Å². The van der Waals surface area contributed by atoms with Crippen LogP contribution >= 0.6 is 0 Å². The van der Waals surface area contributed by atoms with Gasteiger partial charge in [0.2, 0.25) is 5.91 Å². The van der Waals surface area contributed by atoms with E-state index < -0.39 is 0 Å². The summed E-state index contributed by atoms with van der Waals surface area (Å²) >= 11 is 0. The molecule has 128 valence electrons. The van der Waals surface area contributed by atoms with Crippen molar-refractivity contribution in [1.82, 2.24) is 5.32 Å². The van der Waals surface area contributed by atoms with Gasteiger partial charge in [-0.15, -0.1) is 0 Å². The van der Waals surface area contributed by atoms with Crippen molar-refractivity contribution in [3.05, 3.63) is 70.8 Å². The topological polar surface area (TPSA) is 29.1 Å². The highest BCUT2D eigenvalue weighted by Crippen LogP contribution is 2.15. The summed E-state index contributed by atoms with van der Waals surface area (Å²) in [6.45, 7) is 7.25. The molecular weight excluding hydrogens is 294 g/mol. The van der Waals surface area contributed by atoms with Crippen LogP contribution in [0.3, 0.4) is 0 Å². The maximum absolute atomic E-state index is 11.9. The number of carbonyl (C=O) groups is 1. The zero-order valence-corrected chi connectivity index (χ0v) is 15.1. The molecule has 2 aromatic rings. The van der Waals surface area contributed by atoms with Crippen molar-refractivity contribution in [3.8, 4) is 0 Å². The minimum Gasteiger partial charge on any atom is -0.356 e. The summed E-state index contributed by atoms with van der Waals surface area (Å²) in [6.07, 6.45) is 3.37. The van der Waals surface area contributed by atoms with Crippen LogP contribution in [0.1, 0.15) is 54.9 Å². The fourth-order valence-electron chi connectivity index (χ4n) is 2.80. The number of benzene rings is 2. The van der Waals surface area contributed by atoms with Crippen LogP contribution in [0.4, 0.5) is 0 Å². The molecular formula is C22H29NO. The van der Waals surface area contributed by atoms with Gasteiger partial charge in [0.1, 0.15) is 0 Å². The number of carbonyl (C=O) groups excluding carboxylic acids is 1. The Morgan fingerprint density at radius 3 is 2.42 bits per heavy atom. The molecule has 0 aromatic heterocycles. The average molecular weight is 323 g/mol. The Balaban J connectivity index is 1.64. The van der Waals surface area contributed by atoms with Crippen LogP contribution in [-0.4, -0.2) is 12.5 Å². The molecule has 0 heterocycles. The minimum atomic E-state index is 0.146. The zero-order chi connectivity index (χ0) is 17.4. The highest BCUT2D eigenvalue weighted by Gasteiger charge is 2.03. The second kappa shape index (κ2) is 9.27. The van der Waals surface area contributed by atoms with Gasteiger partial charge in [0, 0.05) is 13.0 Å². The van der Waals surface area contributed by atoms with Gasteiger partial charge in [-0.05, 0) is 48.8 Å². The lowest BCUT2D eigenvalue weighted by Crippen LogP contribution is -2.24. The molecule has 2 nitrogen and oxygen atoms in total. The average Bonchev–Trinajstić information content (AvgIpc) is 2.57. The van der Waals surface area contributed by atoms with Gasteiger partial charge in [0.05, 0.1) is 0 Å². The quantitative estimate of drug-likeness (QED) is 0.695. The number of nitrogens with one attached hydrogen (secondary N) is 1. The van der Waals surface area contributed by atoms with Crippen LogP contribution in [0.15, 0.2) is 48.5 Å². The van der Waals surface area contributed by atoms with Crippen molar-refractivity contribution < 1.29 is 4.79 Å². The van der Waals surface area contributed by atoms with Crippen molar-refractivity contribution in [2.45, 2.75) is 52.4 Å². The summed E-state index contributed by atoms with van der Waals surface area (Å²) in [4.78, 5) is 11.9. The fraction of sp³-hybridized carbons (Fsp3) is 0.409. The molecule has 0 aliphatic rings. The van der Waals surface area contributed by atoms with E-state index in [9.17, 15) is 4.79 Å². The molecule has 0 aliphatic heterocycles. The monoisotopic (exact) mass is 323 g/mol. The third kappa shape index (κ3) is 6.19. The first-order chi connectivity index (χ1) is 11.5. The lowest BCUT2D eigenvalue weighted by atomic mass is 10.0. The molecule has 0 saturated heterocycles. The van der Waals surface area contributed by atoms with Gasteiger partial charge in [-0.2, -0.15) is 0 Å². The summed E-state index contributed by atoms with van der Waals surface area (Å²) in [5.74, 6) is 0.697. The maximum Gasteiger partial charge on any atom is 0.220 e. The normalized spacial score (nSPS) is 10.8. The molecule has 0 atom stereocenters. The molecule has 1 N–H and O–H groups in total. The summed E-state index contributed by atoms with van der Waals surface area (Å²) in [5.41, 5.74) is 5.21. The van der Waals surface area contributed by atoms with E-state index in [2.05, 4.69) is 74.6 Å². The van der Waals surface area contributed by atoms with E-state index >= 15 is 0 Å². The van der Waals surface area contributed by atoms with Gasteiger partial charge in [0.25, 0.3) is 0 Å². The van der Waals surface area contributed by atoms with Crippen molar-refractivity contribution >= 4 is 5.91 Å². The standard InChI is InChI=1S/C22H29NO/c1-17(2)21-12-9-19(10-13-21)11-14-22(24)23-15-5-8-20-7-4-6-18(3)16-20/h4,6-7,9-10,12-13,16-17H,5,8,11,14-15H2,1-3H3,(H,23,24). The van der Waals surface area contributed by atoms with Gasteiger partial charge >= 0.3 is 0 Å². The molecule has 0 aliphatic carbocycles. The van der Waals surface area contributed by atoms with Crippen molar-refractivity contribution in [1.29, 1.82) is 0 Å². The van der Waals surface area contributed by atoms with E-state index in [4.69, 9.17) is 0 Å². The van der Waals surface area contributed by atoms with Crippen molar-refractivity contribution in [2.24, 2.45) is 0 Å². The summed E-state index contributed by atoms with van der Waals surface area (Å²) in [7, 11) is 0. The first-order valence-corrected chi connectivity index (χ1v) is 8.95. The van der Waals surface area contributed by atoms with Gasteiger partial charge in [-0.1, -0.05) is 67.9 Å². The van der Waals surface area contributed by atoms with Gasteiger partial charge in [-0.25, -0.2) is 0 Å². The minimum absolute atomic E-state index is 0.146. The molecule has 0 radical (unpaired) electrons. The van der Waals surface area contributed by atoms with E-state index in [1.54, 1.807) is 0 Å². The molecule has 0 spiro atoms. The molecule has 1 amide bonds. The van der Waals surface area contributed by atoms with E-state index in [-0.39, 0.29) is 5.91 Å². The SMILES string of the molecule is Cc1cccc(CCCNC(=O)CCc2ccc(C(C)C)cc2)c1. The lowest BCUT2D eigenvalue weighted by molar-refractivity contribution is -0.121. The Labute approximate surface area is 146 Å². The number of rotatable bonds is 8. The van der Waals surface area contributed by atoms with Crippen LogP contribution in [0, 0.1) is 6.92 Å². The van der Waals surface area contributed by atoms with Gasteiger partial charge < -0.3 is 5.32 Å². The summed E-state index contributed by atoms with van der Waals surface area (Å²) in [5, 5.41) is 3.03. The van der Waals surface area contributed by atoms with E-state index in [1.165, 1.54) is 22.3 Å². The highest BCUT2D eigenvalue weighted by molar-refractivity contribution is 5.76. The first kappa shape index (κ1) is 18.3.